The predicted octanol–water partition coefficient (Wildman–Crippen LogP) is 2.43. The van der Waals surface area contributed by atoms with Crippen molar-refractivity contribution in [2.45, 2.75) is 32.8 Å². The number of rotatable bonds is 6. The SMILES string of the molecule is Cc1ccc(-c2noc(COC(=O)CCN3C(=O)C4CC=CCC4C3=O)n2)cc1. The van der Waals surface area contributed by atoms with E-state index >= 15 is 0 Å². The Kier molecular flexibility index (Phi) is 5.24. The molecule has 1 fully saturated rings. The molecule has 2 heterocycles. The fraction of sp³-hybridized carbons (Fsp3) is 0.381. The molecule has 0 saturated carbocycles. The molecule has 2 aliphatic rings. The molecule has 2 aromatic rings. The Morgan fingerprint density at radius 2 is 1.79 bits per heavy atom. The maximum Gasteiger partial charge on any atom is 0.308 e. The summed E-state index contributed by atoms with van der Waals surface area (Å²) in [5.41, 5.74) is 1.93. The van der Waals surface area contributed by atoms with E-state index in [1.807, 2.05) is 43.3 Å². The van der Waals surface area contributed by atoms with E-state index in [9.17, 15) is 14.4 Å². The van der Waals surface area contributed by atoms with E-state index in [0.717, 1.165) is 11.1 Å². The molecule has 2 atom stereocenters. The van der Waals surface area contributed by atoms with Gasteiger partial charge in [-0.2, -0.15) is 4.98 Å². The Morgan fingerprint density at radius 1 is 1.14 bits per heavy atom. The van der Waals surface area contributed by atoms with Crippen LogP contribution in [0, 0.1) is 18.8 Å². The summed E-state index contributed by atoms with van der Waals surface area (Å²) in [5, 5.41) is 3.88. The summed E-state index contributed by atoms with van der Waals surface area (Å²) in [5.74, 6) is -0.911. The van der Waals surface area contributed by atoms with Crippen molar-refractivity contribution in [2.75, 3.05) is 6.54 Å². The number of esters is 1. The molecule has 0 bridgehead atoms. The van der Waals surface area contributed by atoms with Gasteiger partial charge in [0.05, 0.1) is 18.3 Å². The maximum absolute atomic E-state index is 12.4. The number of allylic oxidation sites excluding steroid dienone is 2. The molecule has 150 valence electrons. The zero-order valence-corrected chi connectivity index (χ0v) is 16.0. The van der Waals surface area contributed by atoms with Crippen LogP contribution in [0.25, 0.3) is 11.4 Å². The smallest absolute Gasteiger partial charge is 0.308 e. The maximum atomic E-state index is 12.4. The van der Waals surface area contributed by atoms with Gasteiger partial charge in [-0.05, 0) is 19.8 Å². The first-order chi connectivity index (χ1) is 14.0. The van der Waals surface area contributed by atoms with Crippen LogP contribution in [-0.4, -0.2) is 39.4 Å². The minimum atomic E-state index is -0.534. The average molecular weight is 395 g/mol. The van der Waals surface area contributed by atoms with Crippen LogP contribution < -0.4 is 0 Å². The third-order valence-corrected chi connectivity index (χ3v) is 5.27. The molecular formula is C21H21N3O5. The van der Waals surface area contributed by atoms with E-state index < -0.39 is 5.97 Å². The Hall–Kier alpha value is -3.29. The van der Waals surface area contributed by atoms with Crippen LogP contribution in [0.4, 0.5) is 0 Å². The van der Waals surface area contributed by atoms with Crippen molar-refractivity contribution in [3.63, 3.8) is 0 Å². The van der Waals surface area contributed by atoms with Gasteiger partial charge in [-0.1, -0.05) is 47.1 Å². The van der Waals surface area contributed by atoms with Crippen molar-refractivity contribution in [2.24, 2.45) is 11.8 Å². The summed E-state index contributed by atoms with van der Waals surface area (Å²) in [7, 11) is 0. The van der Waals surface area contributed by atoms with Crippen LogP contribution in [0.1, 0.15) is 30.7 Å². The van der Waals surface area contributed by atoms with Crippen LogP contribution >= 0.6 is 0 Å². The van der Waals surface area contributed by atoms with Crippen molar-refractivity contribution in [1.29, 1.82) is 0 Å². The van der Waals surface area contributed by atoms with Gasteiger partial charge >= 0.3 is 5.97 Å². The number of hydrogen-bond donors (Lipinski definition) is 0. The van der Waals surface area contributed by atoms with Crippen LogP contribution in [0.3, 0.4) is 0 Å². The zero-order chi connectivity index (χ0) is 20.4. The van der Waals surface area contributed by atoms with Gasteiger partial charge in [-0.3, -0.25) is 19.3 Å². The number of aryl methyl sites for hydroxylation is 1. The molecule has 1 aliphatic carbocycles. The number of carbonyl (C=O) groups excluding carboxylic acids is 3. The van der Waals surface area contributed by atoms with E-state index in [-0.39, 0.29) is 49.1 Å². The molecule has 1 aliphatic heterocycles. The third kappa shape index (κ3) is 3.96. The average Bonchev–Trinajstić information content (AvgIpc) is 3.30. The number of carbonyl (C=O) groups is 3. The molecule has 8 heteroatoms. The standard InChI is InChI=1S/C21H21N3O5/c1-13-6-8-14(9-7-13)19-22-17(29-23-19)12-28-18(25)10-11-24-20(26)15-4-2-3-5-16(15)21(24)27/h2-3,6-9,15-16H,4-5,10-12H2,1H3. The van der Waals surface area contributed by atoms with Crippen LogP contribution in [-0.2, 0) is 25.7 Å². The Labute approximate surface area is 167 Å². The summed E-state index contributed by atoms with van der Waals surface area (Å²) in [6, 6.07) is 7.65. The second kappa shape index (κ2) is 7.98. The quantitative estimate of drug-likeness (QED) is 0.420. The highest BCUT2D eigenvalue weighted by molar-refractivity contribution is 6.05. The fourth-order valence-corrected chi connectivity index (χ4v) is 3.64. The number of benzene rings is 1. The highest BCUT2D eigenvalue weighted by atomic mass is 16.6. The topological polar surface area (TPSA) is 103 Å². The lowest BCUT2D eigenvalue weighted by Crippen LogP contribution is -2.33. The molecule has 29 heavy (non-hydrogen) atoms. The molecule has 0 N–H and O–H groups in total. The number of likely N-dealkylation sites (tertiary alicyclic amines) is 1. The van der Waals surface area contributed by atoms with Crippen LogP contribution in [0.15, 0.2) is 40.9 Å². The molecular weight excluding hydrogens is 374 g/mol. The minimum absolute atomic E-state index is 0.0297. The van der Waals surface area contributed by atoms with Crippen LogP contribution in [0.2, 0.25) is 0 Å². The number of nitrogens with zero attached hydrogens (tertiary/aromatic N) is 3. The highest BCUT2D eigenvalue weighted by Crippen LogP contribution is 2.35. The summed E-state index contributed by atoms with van der Waals surface area (Å²) >= 11 is 0. The van der Waals surface area contributed by atoms with E-state index in [2.05, 4.69) is 10.1 Å². The summed E-state index contributed by atoms with van der Waals surface area (Å²) in [6.45, 7) is 1.86. The van der Waals surface area contributed by atoms with Gasteiger partial charge in [0.25, 0.3) is 5.89 Å². The molecule has 0 radical (unpaired) electrons. The number of ether oxygens (including phenoxy) is 1. The largest absolute Gasteiger partial charge is 0.456 e. The van der Waals surface area contributed by atoms with Crippen molar-refractivity contribution >= 4 is 17.8 Å². The molecule has 2 amide bonds. The molecule has 1 aromatic carbocycles. The van der Waals surface area contributed by atoms with Gasteiger partial charge < -0.3 is 9.26 Å². The molecule has 2 unspecified atom stereocenters. The Morgan fingerprint density at radius 3 is 2.45 bits per heavy atom. The van der Waals surface area contributed by atoms with Gasteiger partial charge in [0.1, 0.15) is 0 Å². The van der Waals surface area contributed by atoms with E-state index in [1.54, 1.807) is 0 Å². The second-order valence-corrected chi connectivity index (χ2v) is 7.27. The second-order valence-electron chi connectivity index (χ2n) is 7.27. The lowest BCUT2D eigenvalue weighted by Gasteiger charge is -2.14. The fourth-order valence-electron chi connectivity index (χ4n) is 3.64. The lowest BCUT2D eigenvalue weighted by atomic mass is 9.85. The lowest BCUT2D eigenvalue weighted by molar-refractivity contribution is -0.147. The first-order valence-electron chi connectivity index (χ1n) is 9.58. The van der Waals surface area contributed by atoms with Gasteiger partial charge in [0.15, 0.2) is 6.61 Å². The van der Waals surface area contributed by atoms with Gasteiger partial charge in [0, 0.05) is 12.1 Å². The Balaban J connectivity index is 1.27. The van der Waals surface area contributed by atoms with Gasteiger partial charge in [0.2, 0.25) is 17.6 Å². The number of amides is 2. The van der Waals surface area contributed by atoms with E-state index in [4.69, 9.17) is 9.26 Å². The van der Waals surface area contributed by atoms with E-state index in [1.165, 1.54) is 4.90 Å². The Bertz CT molecular complexity index is 937. The molecule has 1 saturated heterocycles. The normalized spacial score (nSPS) is 20.8. The number of imide groups is 1. The zero-order valence-electron chi connectivity index (χ0n) is 16.0. The summed E-state index contributed by atoms with van der Waals surface area (Å²) in [6.07, 6.45) is 4.95. The number of fused-ring (bicyclic) bond motifs is 1. The first-order valence-corrected chi connectivity index (χ1v) is 9.58. The monoisotopic (exact) mass is 395 g/mol. The molecule has 0 spiro atoms. The molecule has 4 rings (SSSR count). The van der Waals surface area contributed by atoms with Gasteiger partial charge in [-0.25, -0.2) is 0 Å². The number of aromatic nitrogens is 2. The van der Waals surface area contributed by atoms with E-state index in [0.29, 0.717) is 18.7 Å². The van der Waals surface area contributed by atoms with Crippen molar-refractivity contribution in [1.82, 2.24) is 15.0 Å². The van der Waals surface area contributed by atoms with Crippen LogP contribution in [0.5, 0.6) is 0 Å². The third-order valence-electron chi connectivity index (χ3n) is 5.27. The van der Waals surface area contributed by atoms with Crippen molar-refractivity contribution in [3.8, 4) is 11.4 Å². The minimum Gasteiger partial charge on any atom is -0.456 e. The summed E-state index contributed by atoms with van der Waals surface area (Å²) < 4.78 is 10.3. The predicted molar refractivity (Wildman–Crippen MR) is 101 cm³/mol. The van der Waals surface area contributed by atoms with Crippen molar-refractivity contribution < 1.29 is 23.6 Å². The van der Waals surface area contributed by atoms with Crippen molar-refractivity contribution in [3.05, 3.63) is 47.9 Å². The van der Waals surface area contributed by atoms with Gasteiger partial charge in [-0.15, -0.1) is 0 Å². The molecule has 1 aromatic heterocycles. The first kappa shape index (κ1) is 19.0. The highest BCUT2D eigenvalue weighted by Gasteiger charge is 2.46. The summed E-state index contributed by atoms with van der Waals surface area (Å²) in [4.78, 5) is 42.2. The number of hydrogen-bond acceptors (Lipinski definition) is 7. The molecule has 8 nitrogen and oxygen atoms in total.